The number of rotatable bonds is 9. The Morgan fingerprint density at radius 3 is 2.71 bits per heavy atom. The average molecular weight is 490 g/mol. The van der Waals surface area contributed by atoms with Crippen molar-refractivity contribution >= 4 is 17.5 Å². The Morgan fingerprint density at radius 1 is 1.20 bits per heavy atom. The van der Waals surface area contributed by atoms with E-state index in [0.717, 1.165) is 35.7 Å². The number of carbonyl (C=O) groups excluding carboxylic acids is 2. The van der Waals surface area contributed by atoms with Gasteiger partial charge in [0.2, 0.25) is 11.8 Å². The average Bonchev–Trinajstić information content (AvgIpc) is 3.69. The van der Waals surface area contributed by atoms with E-state index in [1.807, 2.05) is 23.1 Å². The highest BCUT2D eigenvalue weighted by Gasteiger charge is 2.36. The fourth-order valence-corrected chi connectivity index (χ4v) is 4.38. The number of hydrogen-bond donors (Lipinski definition) is 2. The highest BCUT2D eigenvalue weighted by Crippen LogP contribution is 2.34. The number of halogens is 3. The maximum Gasteiger partial charge on any atom is 0.418 e. The van der Waals surface area contributed by atoms with Gasteiger partial charge in [-0.1, -0.05) is 12.1 Å². The Bertz CT molecular complexity index is 1070. The summed E-state index contributed by atoms with van der Waals surface area (Å²) in [6.07, 6.45) is -0.607. The van der Waals surface area contributed by atoms with Crippen LogP contribution in [-0.4, -0.2) is 59.8 Å². The van der Waals surface area contributed by atoms with Gasteiger partial charge in [-0.05, 0) is 55.6 Å². The summed E-state index contributed by atoms with van der Waals surface area (Å²) in [7, 11) is 1.72. The molecule has 0 atom stereocenters. The maximum atomic E-state index is 13.4. The SMILES string of the molecule is CNCCN(Cc1ncccc1C(F)(F)F)C(=O)CNc1cccc2c1CCN(C(=O)C1CC1)C2. The zero-order chi connectivity index (χ0) is 25.0. The van der Waals surface area contributed by atoms with E-state index in [0.29, 0.717) is 26.1 Å². The van der Waals surface area contributed by atoms with Crippen LogP contribution >= 0.6 is 0 Å². The summed E-state index contributed by atoms with van der Waals surface area (Å²) in [5, 5.41) is 6.12. The van der Waals surface area contributed by atoms with Gasteiger partial charge in [-0.3, -0.25) is 14.6 Å². The minimum absolute atomic E-state index is 0.0565. The highest BCUT2D eigenvalue weighted by molar-refractivity contribution is 5.82. The first-order valence-corrected chi connectivity index (χ1v) is 11.8. The molecule has 2 N–H and O–H groups in total. The number of carbonyl (C=O) groups is 2. The standard InChI is InChI=1S/C25H30F3N5O2/c1-29-11-13-32(16-22-20(25(26,27)28)5-3-10-30-22)23(34)14-31-21-6-2-4-18-15-33(12-9-19(18)21)24(35)17-7-8-17/h2-6,10,17,29,31H,7-9,11-16H2,1H3. The third kappa shape index (κ3) is 6.11. The Balaban J connectivity index is 1.43. The lowest BCUT2D eigenvalue weighted by atomic mass is 9.97. The van der Waals surface area contributed by atoms with Gasteiger partial charge in [0.05, 0.1) is 24.3 Å². The molecule has 0 radical (unpaired) electrons. The topological polar surface area (TPSA) is 77.6 Å². The predicted molar refractivity (Wildman–Crippen MR) is 125 cm³/mol. The van der Waals surface area contributed by atoms with E-state index in [1.165, 1.54) is 17.2 Å². The Morgan fingerprint density at radius 2 is 2.00 bits per heavy atom. The quantitative estimate of drug-likeness (QED) is 0.566. The monoisotopic (exact) mass is 489 g/mol. The Hall–Kier alpha value is -3.14. The third-order valence-corrected chi connectivity index (χ3v) is 6.45. The summed E-state index contributed by atoms with van der Waals surface area (Å²) in [6.45, 7) is 1.59. The predicted octanol–water partition coefficient (Wildman–Crippen LogP) is 3.06. The van der Waals surface area contributed by atoms with Crippen LogP contribution in [0.5, 0.6) is 0 Å². The number of amides is 2. The van der Waals surface area contributed by atoms with Gasteiger partial charge in [-0.15, -0.1) is 0 Å². The van der Waals surface area contributed by atoms with Crippen LogP contribution in [0.1, 0.15) is 35.2 Å². The van der Waals surface area contributed by atoms with Crippen LogP contribution in [0.3, 0.4) is 0 Å². The summed E-state index contributed by atoms with van der Waals surface area (Å²) >= 11 is 0. The minimum Gasteiger partial charge on any atom is -0.376 e. The van der Waals surface area contributed by atoms with E-state index < -0.39 is 11.7 Å². The first-order chi connectivity index (χ1) is 16.8. The van der Waals surface area contributed by atoms with Gasteiger partial charge in [0.25, 0.3) is 0 Å². The summed E-state index contributed by atoms with van der Waals surface area (Å²) in [5.41, 5.74) is 1.93. The first-order valence-electron chi connectivity index (χ1n) is 11.8. The molecule has 1 aromatic heterocycles. The van der Waals surface area contributed by atoms with Gasteiger partial charge in [-0.2, -0.15) is 13.2 Å². The molecule has 7 nitrogen and oxygen atoms in total. The summed E-state index contributed by atoms with van der Waals surface area (Å²) < 4.78 is 40.2. The van der Waals surface area contributed by atoms with Crippen LogP contribution in [-0.2, 0) is 35.3 Å². The molecule has 1 saturated carbocycles. The summed E-state index contributed by atoms with van der Waals surface area (Å²) in [6, 6.07) is 8.00. The van der Waals surface area contributed by atoms with Gasteiger partial charge in [0.1, 0.15) is 0 Å². The summed E-state index contributed by atoms with van der Waals surface area (Å²) in [4.78, 5) is 32.7. The minimum atomic E-state index is -4.54. The lowest BCUT2D eigenvalue weighted by Crippen LogP contribution is -2.40. The number of nitrogens with zero attached hydrogens (tertiary/aromatic N) is 3. The smallest absolute Gasteiger partial charge is 0.376 e. The zero-order valence-corrected chi connectivity index (χ0v) is 19.7. The molecular weight excluding hydrogens is 459 g/mol. The van der Waals surface area contributed by atoms with Crippen molar-refractivity contribution in [2.75, 3.05) is 38.5 Å². The largest absolute Gasteiger partial charge is 0.418 e. The fourth-order valence-electron chi connectivity index (χ4n) is 4.38. The lowest BCUT2D eigenvalue weighted by Gasteiger charge is -2.30. The van der Waals surface area contributed by atoms with E-state index in [2.05, 4.69) is 15.6 Å². The second-order valence-corrected chi connectivity index (χ2v) is 9.00. The van der Waals surface area contributed by atoms with Crippen LogP contribution in [0, 0.1) is 5.92 Å². The Labute approximate surface area is 202 Å². The molecule has 0 saturated heterocycles. The van der Waals surface area contributed by atoms with Crippen LogP contribution in [0.4, 0.5) is 18.9 Å². The van der Waals surface area contributed by atoms with Gasteiger partial charge in [-0.25, -0.2) is 0 Å². The molecule has 1 aliphatic carbocycles. The molecule has 1 aliphatic heterocycles. The van der Waals surface area contributed by atoms with Crippen molar-refractivity contribution in [3.05, 3.63) is 58.9 Å². The number of benzene rings is 1. The number of fused-ring (bicyclic) bond motifs is 1. The molecular formula is C25H30F3N5O2. The van der Waals surface area contributed by atoms with Gasteiger partial charge in [0.15, 0.2) is 0 Å². The van der Waals surface area contributed by atoms with E-state index in [-0.39, 0.29) is 43.1 Å². The molecule has 2 aliphatic rings. The van der Waals surface area contributed by atoms with Crippen LogP contribution in [0.2, 0.25) is 0 Å². The van der Waals surface area contributed by atoms with E-state index in [4.69, 9.17) is 0 Å². The molecule has 4 rings (SSSR count). The van der Waals surface area contributed by atoms with Crippen molar-refractivity contribution < 1.29 is 22.8 Å². The normalized spacial score (nSPS) is 15.5. The molecule has 2 amide bonds. The number of nitrogens with one attached hydrogen (secondary N) is 2. The first kappa shape index (κ1) is 25.0. The number of alkyl halides is 3. The van der Waals surface area contributed by atoms with Crippen molar-refractivity contribution in [2.24, 2.45) is 5.92 Å². The molecule has 0 unspecified atom stereocenters. The van der Waals surface area contributed by atoms with Gasteiger partial charge in [0, 0.05) is 44.0 Å². The van der Waals surface area contributed by atoms with Gasteiger partial charge < -0.3 is 20.4 Å². The zero-order valence-electron chi connectivity index (χ0n) is 19.7. The molecule has 35 heavy (non-hydrogen) atoms. The number of aromatic nitrogens is 1. The number of likely N-dealkylation sites (N-methyl/N-ethyl adjacent to an activating group) is 1. The molecule has 1 fully saturated rings. The molecule has 2 heterocycles. The van der Waals surface area contributed by atoms with Crippen LogP contribution < -0.4 is 10.6 Å². The second-order valence-electron chi connectivity index (χ2n) is 9.00. The van der Waals surface area contributed by atoms with Crippen molar-refractivity contribution in [2.45, 2.75) is 38.5 Å². The lowest BCUT2D eigenvalue weighted by molar-refractivity contribution is -0.140. The molecule has 0 spiro atoms. The second kappa shape index (κ2) is 10.6. The fraction of sp³-hybridized carbons (Fsp3) is 0.480. The molecule has 0 bridgehead atoms. The van der Waals surface area contributed by atoms with Crippen LogP contribution in [0.25, 0.3) is 0 Å². The van der Waals surface area contributed by atoms with Crippen molar-refractivity contribution in [3.8, 4) is 0 Å². The van der Waals surface area contributed by atoms with E-state index >= 15 is 0 Å². The number of pyridine rings is 1. The van der Waals surface area contributed by atoms with E-state index in [1.54, 1.807) is 7.05 Å². The van der Waals surface area contributed by atoms with Crippen molar-refractivity contribution in [1.29, 1.82) is 0 Å². The van der Waals surface area contributed by atoms with Gasteiger partial charge >= 0.3 is 6.18 Å². The Kier molecular flexibility index (Phi) is 7.59. The number of anilines is 1. The van der Waals surface area contributed by atoms with Crippen LogP contribution in [0.15, 0.2) is 36.5 Å². The maximum absolute atomic E-state index is 13.4. The molecule has 10 heteroatoms. The number of hydrogen-bond acceptors (Lipinski definition) is 5. The van der Waals surface area contributed by atoms with E-state index in [9.17, 15) is 22.8 Å². The van der Waals surface area contributed by atoms with Crippen molar-refractivity contribution in [1.82, 2.24) is 20.1 Å². The summed E-state index contributed by atoms with van der Waals surface area (Å²) in [5.74, 6) is 0.0751. The third-order valence-electron chi connectivity index (χ3n) is 6.45. The molecule has 188 valence electrons. The highest BCUT2D eigenvalue weighted by atomic mass is 19.4. The molecule has 2 aromatic rings. The van der Waals surface area contributed by atoms with Crippen molar-refractivity contribution in [3.63, 3.8) is 0 Å². The molecule has 1 aromatic carbocycles.